The molecule has 1 heterocycles. The Hall–Kier alpha value is -2.07. The fraction of sp³-hybridized carbons (Fsp3) is 0.688. The molecule has 0 bridgehead atoms. The SMILES string of the molecule is CC(=O)N1CCN(C(=O)/C(C#N)=C\NCCCOC(C)C)CC1. The second-order valence-corrected chi connectivity index (χ2v) is 5.70. The number of carbonyl (C=O) groups is 2. The molecule has 0 saturated carbocycles. The van der Waals surface area contributed by atoms with Gasteiger partial charge in [0.2, 0.25) is 5.91 Å². The zero-order valence-electron chi connectivity index (χ0n) is 14.2. The van der Waals surface area contributed by atoms with Crippen molar-refractivity contribution in [2.75, 3.05) is 39.3 Å². The Kier molecular flexibility index (Phi) is 8.13. The van der Waals surface area contributed by atoms with Gasteiger partial charge < -0.3 is 19.9 Å². The van der Waals surface area contributed by atoms with Crippen LogP contribution in [0, 0.1) is 11.3 Å². The van der Waals surface area contributed by atoms with Gasteiger partial charge in [0.25, 0.3) is 5.91 Å². The van der Waals surface area contributed by atoms with Crippen molar-refractivity contribution in [2.45, 2.75) is 33.3 Å². The highest BCUT2D eigenvalue weighted by Gasteiger charge is 2.24. The van der Waals surface area contributed by atoms with Gasteiger partial charge in [-0.3, -0.25) is 9.59 Å². The summed E-state index contributed by atoms with van der Waals surface area (Å²) >= 11 is 0. The Morgan fingerprint density at radius 3 is 2.39 bits per heavy atom. The lowest BCUT2D eigenvalue weighted by Gasteiger charge is -2.34. The first-order valence-corrected chi connectivity index (χ1v) is 7.95. The molecular weight excluding hydrogens is 296 g/mol. The molecule has 23 heavy (non-hydrogen) atoms. The predicted molar refractivity (Wildman–Crippen MR) is 86.2 cm³/mol. The Morgan fingerprint density at radius 1 is 1.26 bits per heavy atom. The fourth-order valence-electron chi connectivity index (χ4n) is 2.20. The molecule has 1 aliphatic rings. The molecule has 0 spiro atoms. The number of hydrogen-bond acceptors (Lipinski definition) is 5. The Morgan fingerprint density at radius 2 is 1.87 bits per heavy atom. The largest absolute Gasteiger partial charge is 0.390 e. The van der Waals surface area contributed by atoms with E-state index in [1.54, 1.807) is 9.80 Å². The third kappa shape index (κ3) is 6.70. The van der Waals surface area contributed by atoms with Crippen LogP contribution >= 0.6 is 0 Å². The van der Waals surface area contributed by atoms with E-state index in [1.165, 1.54) is 13.1 Å². The van der Waals surface area contributed by atoms with Gasteiger partial charge in [0.15, 0.2) is 0 Å². The van der Waals surface area contributed by atoms with Crippen molar-refractivity contribution in [3.63, 3.8) is 0 Å². The molecule has 7 nitrogen and oxygen atoms in total. The van der Waals surface area contributed by atoms with Crippen molar-refractivity contribution in [2.24, 2.45) is 0 Å². The summed E-state index contributed by atoms with van der Waals surface area (Å²) in [5, 5.41) is 12.1. The number of rotatable bonds is 7. The first kappa shape index (κ1) is 19.0. The minimum Gasteiger partial charge on any atom is -0.390 e. The van der Waals surface area contributed by atoms with Gasteiger partial charge >= 0.3 is 0 Å². The highest BCUT2D eigenvalue weighted by molar-refractivity contribution is 5.97. The van der Waals surface area contributed by atoms with Crippen LogP contribution in [0.5, 0.6) is 0 Å². The van der Waals surface area contributed by atoms with Gasteiger partial charge in [0, 0.05) is 52.5 Å². The van der Waals surface area contributed by atoms with Crippen LogP contribution in [0.15, 0.2) is 11.8 Å². The van der Waals surface area contributed by atoms with Crippen molar-refractivity contribution >= 4 is 11.8 Å². The molecule has 0 atom stereocenters. The van der Waals surface area contributed by atoms with E-state index < -0.39 is 0 Å². The maximum Gasteiger partial charge on any atom is 0.266 e. The van der Waals surface area contributed by atoms with E-state index in [0.29, 0.717) is 39.3 Å². The van der Waals surface area contributed by atoms with Gasteiger partial charge in [0.05, 0.1) is 6.10 Å². The number of nitrogens with one attached hydrogen (secondary N) is 1. The van der Waals surface area contributed by atoms with Crippen LogP contribution in [-0.4, -0.2) is 67.0 Å². The molecule has 1 aliphatic heterocycles. The summed E-state index contributed by atoms with van der Waals surface area (Å²) in [6.07, 6.45) is 2.48. The predicted octanol–water partition coefficient (Wildman–Crippen LogP) is 0.489. The van der Waals surface area contributed by atoms with Crippen LogP contribution in [0.25, 0.3) is 0 Å². The standard InChI is InChI=1S/C16H26N4O3/c1-13(2)23-10-4-5-18-12-15(11-17)16(22)20-8-6-19(7-9-20)14(3)21/h12-13,18H,4-10H2,1-3H3/b15-12-. The molecule has 0 aromatic rings. The van der Waals surface area contributed by atoms with Crippen molar-refractivity contribution < 1.29 is 14.3 Å². The maximum absolute atomic E-state index is 12.3. The number of carbonyl (C=O) groups excluding carboxylic acids is 2. The number of nitrogens with zero attached hydrogens (tertiary/aromatic N) is 3. The summed E-state index contributed by atoms with van der Waals surface area (Å²) in [6, 6.07) is 1.94. The Labute approximate surface area is 137 Å². The van der Waals surface area contributed by atoms with Crippen LogP contribution in [0.1, 0.15) is 27.2 Å². The Balaban J connectivity index is 2.39. The number of amides is 2. The van der Waals surface area contributed by atoms with E-state index in [0.717, 1.165) is 6.42 Å². The average molecular weight is 322 g/mol. The number of hydrogen-bond donors (Lipinski definition) is 1. The monoisotopic (exact) mass is 322 g/mol. The van der Waals surface area contributed by atoms with Crippen LogP contribution in [0.2, 0.25) is 0 Å². The molecule has 0 radical (unpaired) electrons. The lowest BCUT2D eigenvalue weighted by Crippen LogP contribution is -2.50. The highest BCUT2D eigenvalue weighted by Crippen LogP contribution is 2.06. The summed E-state index contributed by atoms with van der Waals surface area (Å²) in [5.74, 6) is -0.278. The van der Waals surface area contributed by atoms with Crippen LogP contribution < -0.4 is 5.32 Å². The summed E-state index contributed by atoms with van der Waals surface area (Å²) in [4.78, 5) is 26.9. The molecule has 128 valence electrons. The van der Waals surface area contributed by atoms with Gasteiger partial charge in [0.1, 0.15) is 11.6 Å². The number of piperazine rings is 1. The van der Waals surface area contributed by atoms with Crippen molar-refractivity contribution in [1.82, 2.24) is 15.1 Å². The van der Waals surface area contributed by atoms with Gasteiger partial charge in [-0.25, -0.2) is 0 Å². The Bertz CT molecular complexity index is 474. The smallest absolute Gasteiger partial charge is 0.266 e. The molecule has 2 amide bonds. The van der Waals surface area contributed by atoms with E-state index in [4.69, 9.17) is 10.00 Å². The van der Waals surface area contributed by atoms with Crippen LogP contribution in [-0.2, 0) is 14.3 Å². The molecule has 1 saturated heterocycles. The van der Waals surface area contributed by atoms with Gasteiger partial charge in [-0.2, -0.15) is 5.26 Å². The fourth-order valence-corrected chi connectivity index (χ4v) is 2.20. The van der Waals surface area contributed by atoms with Crippen molar-refractivity contribution in [3.8, 4) is 6.07 Å². The number of ether oxygens (including phenoxy) is 1. The highest BCUT2D eigenvalue weighted by atomic mass is 16.5. The van der Waals surface area contributed by atoms with E-state index in [9.17, 15) is 9.59 Å². The molecule has 0 aromatic carbocycles. The van der Waals surface area contributed by atoms with E-state index in [2.05, 4.69) is 5.32 Å². The maximum atomic E-state index is 12.3. The lowest BCUT2D eigenvalue weighted by molar-refractivity contribution is -0.136. The van der Waals surface area contributed by atoms with Gasteiger partial charge in [-0.05, 0) is 20.3 Å². The molecule has 1 N–H and O–H groups in total. The number of nitriles is 1. The third-order valence-corrected chi connectivity index (χ3v) is 3.53. The zero-order chi connectivity index (χ0) is 17.2. The normalized spacial score (nSPS) is 15.5. The second-order valence-electron chi connectivity index (χ2n) is 5.70. The van der Waals surface area contributed by atoms with Crippen LogP contribution in [0.3, 0.4) is 0 Å². The molecule has 0 aliphatic carbocycles. The van der Waals surface area contributed by atoms with E-state index in [1.807, 2.05) is 19.9 Å². The van der Waals surface area contributed by atoms with Crippen molar-refractivity contribution in [3.05, 3.63) is 11.8 Å². The summed E-state index contributed by atoms with van der Waals surface area (Å²) in [5.41, 5.74) is 0.0889. The quantitative estimate of drug-likeness (QED) is 0.419. The minimum atomic E-state index is -0.290. The minimum absolute atomic E-state index is 0.0124. The van der Waals surface area contributed by atoms with Gasteiger partial charge in [-0.15, -0.1) is 0 Å². The summed E-state index contributed by atoms with van der Waals surface area (Å²) < 4.78 is 5.41. The van der Waals surface area contributed by atoms with E-state index in [-0.39, 0.29) is 23.5 Å². The third-order valence-electron chi connectivity index (χ3n) is 3.53. The van der Waals surface area contributed by atoms with Crippen molar-refractivity contribution in [1.29, 1.82) is 5.26 Å². The molecule has 7 heteroatoms. The molecule has 1 rings (SSSR count). The lowest BCUT2D eigenvalue weighted by atomic mass is 10.2. The first-order chi connectivity index (χ1) is 11.0. The topological polar surface area (TPSA) is 85.7 Å². The average Bonchev–Trinajstić information content (AvgIpc) is 2.53. The summed E-state index contributed by atoms with van der Waals surface area (Å²) in [6.45, 7) is 8.70. The molecular formula is C16H26N4O3. The van der Waals surface area contributed by atoms with Crippen LogP contribution in [0.4, 0.5) is 0 Å². The van der Waals surface area contributed by atoms with E-state index >= 15 is 0 Å². The molecule has 1 fully saturated rings. The molecule has 0 aromatic heterocycles. The molecule has 0 unspecified atom stereocenters. The first-order valence-electron chi connectivity index (χ1n) is 7.95. The van der Waals surface area contributed by atoms with Gasteiger partial charge in [-0.1, -0.05) is 0 Å². The zero-order valence-corrected chi connectivity index (χ0v) is 14.2. The second kappa shape index (κ2) is 9.85. The summed E-state index contributed by atoms with van der Waals surface area (Å²) in [7, 11) is 0.